The Labute approximate surface area is 119 Å². The molecule has 0 N–H and O–H groups in total. The van der Waals surface area contributed by atoms with Crippen LogP contribution in [-0.4, -0.2) is 0 Å². The van der Waals surface area contributed by atoms with Gasteiger partial charge in [-0.25, -0.2) is 0 Å². The molecule has 0 aromatic heterocycles. The highest BCUT2D eigenvalue weighted by Gasteiger charge is 1.95. The van der Waals surface area contributed by atoms with Crippen molar-refractivity contribution in [3.05, 3.63) is 97.1 Å². The smallest absolute Gasteiger partial charge is 0.0178 e. The third-order valence-corrected chi connectivity index (χ3v) is 3.22. The van der Waals surface area contributed by atoms with Crippen molar-refractivity contribution in [2.24, 2.45) is 0 Å². The molecule has 0 nitrogen and oxygen atoms in total. The average Bonchev–Trinajstić information content (AvgIpc) is 2.55. The van der Waals surface area contributed by atoms with Gasteiger partial charge in [0.15, 0.2) is 0 Å². The molecule has 0 aliphatic heterocycles. The van der Waals surface area contributed by atoms with E-state index < -0.39 is 0 Å². The molecule has 20 heavy (non-hydrogen) atoms. The molecule has 0 unspecified atom stereocenters. The molecule has 0 spiro atoms. The number of hydrogen-bond acceptors (Lipinski definition) is 0. The van der Waals surface area contributed by atoms with Crippen molar-refractivity contribution < 1.29 is 0 Å². The molecule has 4 aromatic carbocycles. The predicted molar refractivity (Wildman–Crippen MR) is 86.7 cm³/mol. The fourth-order valence-corrected chi connectivity index (χ4v) is 2.22. The van der Waals surface area contributed by atoms with Gasteiger partial charge in [-0.15, -0.1) is 0 Å². The zero-order valence-electron chi connectivity index (χ0n) is 11.2. The van der Waals surface area contributed by atoms with E-state index in [0.29, 0.717) is 0 Å². The third-order valence-electron chi connectivity index (χ3n) is 3.22. The summed E-state index contributed by atoms with van der Waals surface area (Å²) in [6.07, 6.45) is 0. The summed E-state index contributed by atoms with van der Waals surface area (Å²) < 4.78 is 0. The first-order valence-corrected chi connectivity index (χ1v) is 6.72. The van der Waals surface area contributed by atoms with Gasteiger partial charge in [-0.2, -0.15) is 0 Å². The Morgan fingerprint density at radius 1 is 0.450 bits per heavy atom. The van der Waals surface area contributed by atoms with E-state index in [2.05, 4.69) is 66.7 Å². The molecule has 0 saturated carbocycles. The summed E-state index contributed by atoms with van der Waals surface area (Å²) in [5, 5.41) is 5.25. The summed E-state index contributed by atoms with van der Waals surface area (Å²) in [5.74, 6) is 0. The van der Waals surface area contributed by atoms with E-state index in [4.69, 9.17) is 0 Å². The van der Waals surface area contributed by atoms with Gasteiger partial charge in [0.2, 0.25) is 0 Å². The molecule has 0 fully saturated rings. The van der Waals surface area contributed by atoms with Crippen molar-refractivity contribution in [3.8, 4) is 0 Å². The molecule has 4 rings (SSSR count). The second kappa shape index (κ2) is 6.03. The average molecular weight is 255 g/mol. The van der Waals surface area contributed by atoms with Crippen molar-refractivity contribution >= 4 is 21.5 Å². The lowest BCUT2D eigenvalue weighted by Gasteiger charge is -2.00. The molecule has 0 saturated heterocycles. The van der Waals surface area contributed by atoms with Crippen LogP contribution in [-0.2, 0) is 0 Å². The number of fused-ring (bicyclic) bond motifs is 2. The minimum absolute atomic E-state index is 1.31. The van der Waals surface area contributed by atoms with E-state index in [0.717, 1.165) is 0 Å². The lowest BCUT2D eigenvalue weighted by atomic mass is 10.0. The van der Waals surface area contributed by atoms with Crippen LogP contribution in [0.5, 0.6) is 0 Å². The van der Waals surface area contributed by atoms with Gasteiger partial charge < -0.3 is 0 Å². The Balaban J connectivity index is 0.000000170. The molecule has 0 aliphatic carbocycles. The zero-order chi connectivity index (χ0) is 13.6. The van der Waals surface area contributed by atoms with Crippen molar-refractivity contribution in [2.75, 3.05) is 0 Å². The largest absolute Gasteiger partial charge is 0.0622 e. The Morgan fingerprint density at radius 2 is 0.850 bits per heavy atom. The van der Waals surface area contributed by atoms with Crippen molar-refractivity contribution in [2.45, 2.75) is 0 Å². The van der Waals surface area contributed by atoms with Gasteiger partial charge in [-0.1, -0.05) is 78.9 Å². The fourth-order valence-electron chi connectivity index (χ4n) is 2.22. The first kappa shape index (κ1) is 12.4. The van der Waals surface area contributed by atoms with Gasteiger partial charge in [-0.3, -0.25) is 0 Å². The second-order valence-corrected chi connectivity index (χ2v) is 4.62. The summed E-state index contributed by atoms with van der Waals surface area (Å²) in [6.45, 7) is 0. The van der Waals surface area contributed by atoms with Gasteiger partial charge in [0, 0.05) is 0 Å². The van der Waals surface area contributed by atoms with E-state index in [1.165, 1.54) is 21.5 Å². The maximum atomic E-state index is 2.89. The first-order chi connectivity index (χ1) is 9.93. The molecule has 0 heteroatoms. The van der Waals surface area contributed by atoms with Crippen molar-refractivity contribution in [1.82, 2.24) is 0 Å². The molecule has 0 aliphatic rings. The maximum absolute atomic E-state index is 2.89. The minimum Gasteiger partial charge on any atom is -0.0622 e. The number of benzene rings is 4. The molecule has 0 atom stereocenters. The summed E-state index contributed by atoms with van der Waals surface area (Å²) >= 11 is 0. The Morgan fingerprint density at radius 3 is 1.10 bits per heavy atom. The van der Waals surface area contributed by atoms with Crippen LogP contribution in [0.1, 0.15) is 0 Å². The Kier molecular flexibility index (Phi) is 3.75. The predicted octanol–water partition coefficient (Wildman–Crippen LogP) is 5.48. The molecular weight excluding hydrogens is 240 g/mol. The van der Waals surface area contributed by atoms with E-state index in [9.17, 15) is 0 Å². The summed E-state index contributed by atoms with van der Waals surface area (Å²) in [4.78, 5) is 0. The summed E-state index contributed by atoms with van der Waals surface area (Å²) in [6, 6.07) is 33.9. The third kappa shape index (κ3) is 2.86. The lowest BCUT2D eigenvalue weighted by Crippen LogP contribution is -1.74. The minimum atomic E-state index is 1.31. The SMILES string of the molecule is [c]1ccccc1.c1ccc2cc3ccccc3cc2c1. The molecule has 0 bridgehead atoms. The topological polar surface area (TPSA) is 0 Å². The lowest BCUT2D eigenvalue weighted by molar-refractivity contribution is 1.70. The van der Waals surface area contributed by atoms with E-state index in [-0.39, 0.29) is 0 Å². The van der Waals surface area contributed by atoms with Crippen LogP contribution in [0.2, 0.25) is 0 Å². The summed E-state index contributed by atoms with van der Waals surface area (Å²) in [5.41, 5.74) is 0. The van der Waals surface area contributed by atoms with Crippen LogP contribution in [0.15, 0.2) is 91.0 Å². The molecular formula is C20H15. The molecule has 1 radical (unpaired) electrons. The highest BCUT2D eigenvalue weighted by molar-refractivity contribution is 5.98. The van der Waals surface area contributed by atoms with Crippen molar-refractivity contribution in [1.29, 1.82) is 0 Å². The van der Waals surface area contributed by atoms with Crippen LogP contribution in [0.4, 0.5) is 0 Å². The van der Waals surface area contributed by atoms with Crippen LogP contribution < -0.4 is 0 Å². The number of rotatable bonds is 0. The van der Waals surface area contributed by atoms with Gasteiger partial charge in [-0.05, 0) is 39.7 Å². The van der Waals surface area contributed by atoms with E-state index >= 15 is 0 Å². The number of hydrogen-bond donors (Lipinski definition) is 0. The molecule has 4 aromatic rings. The normalized spacial score (nSPS) is 10.0. The van der Waals surface area contributed by atoms with Crippen LogP contribution >= 0.6 is 0 Å². The standard InChI is InChI=1S/C14H10.C6H5/c1-2-6-12-10-14-8-4-3-7-13(14)9-11(12)5-1;1-2-4-6-5-3-1/h1-10H;1-5H. The quantitative estimate of drug-likeness (QED) is 0.365. The molecule has 95 valence electrons. The first-order valence-electron chi connectivity index (χ1n) is 6.72. The van der Waals surface area contributed by atoms with Gasteiger partial charge in [0.1, 0.15) is 0 Å². The van der Waals surface area contributed by atoms with Crippen molar-refractivity contribution in [3.63, 3.8) is 0 Å². The van der Waals surface area contributed by atoms with Crippen LogP contribution in [0.25, 0.3) is 21.5 Å². The van der Waals surface area contributed by atoms with Gasteiger partial charge in [0.25, 0.3) is 0 Å². The van der Waals surface area contributed by atoms with Crippen LogP contribution in [0, 0.1) is 6.07 Å². The van der Waals surface area contributed by atoms with Gasteiger partial charge in [0.05, 0.1) is 0 Å². The monoisotopic (exact) mass is 255 g/mol. The zero-order valence-corrected chi connectivity index (χ0v) is 11.2. The Hall–Kier alpha value is -2.60. The highest BCUT2D eigenvalue weighted by Crippen LogP contribution is 2.21. The second-order valence-electron chi connectivity index (χ2n) is 4.62. The highest BCUT2D eigenvalue weighted by atomic mass is 14.0. The Bertz CT molecular complexity index is 669. The molecule has 0 heterocycles. The van der Waals surface area contributed by atoms with E-state index in [1.54, 1.807) is 0 Å². The fraction of sp³-hybridized carbons (Fsp3) is 0. The van der Waals surface area contributed by atoms with E-state index in [1.807, 2.05) is 30.3 Å². The van der Waals surface area contributed by atoms with Crippen LogP contribution in [0.3, 0.4) is 0 Å². The molecule has 0 amide bonds. The summed E-state index contributed by atoms with van der Waals surface area (Å²) in [7, 11) is 0. The van der Waals surface area contributed by atoms with Gasteiger partial charge >= 0.3 is 0 Å². The maximum Gasteiger partial charge on any atom is -0.0178 e.